The average molecular weight is 433 g/mol. The largest absolute Gasteiger partial charge is 0.476 e. The molecule has 1 aliphatic carbocycles. The molecule has 0 saturated carbocycles. The van der Waals surface area contributed by atoms with Crippen molar-refractivity contribution >= 4 is 17.5 Å². The van der Waals surface area contributed by atoms with Gasteiger partial charge in [0.2, 0.25) is 5.91 Å². The Morgan fingerprint density at radius 1 is 1.27 bits per heavy atom. The Labute approximate surface area is 177 Å². The second kappa shape index (κ2) is 9.55. The highest BCUT2D eigenvalue weighted by atomic mass is 35.5. The van der Waals surface area contributed by atoms with Gasteiger partial charge in [0.25, 0.3) is 5.88 Å². The maximum atomic E-state index is 13.1. The monoisotopic (exact) mass is 432 g/mol. The first-order valence-corrected chi connectivity index (χ1v) is 9.50. The third kappa shape index (κ3) is 4.87. The SMILES string of the molecule is COCC(=O)NC1=CC(n2nc(OC)c(=O)n(Cc3ccc(Cl)cc3)c2=O)CC=C1. The molecular formula is C20H21ClN4O5. The summed E-state index contributed by atoms with van der Waals surface area (Å²) in [6.07, 6.45) is 5.69. The van der Waals surface area contributed by atoms with E-state index in [2.05, 4.69) is 10.4 Å². The normalized spacial score (nSPS) is 15.6. The lowest BCUT2D eigenvalue weighted by atomic mass is 10.1. The summed E-state index contributed by atoms with van der Waals surface area (Å²) in [5.41, 5.74) is 0.0222. The van der Waals surface area contributed by atoms with E-state index >= 15 is 0 Å². The Morgan fingerprint density at radius 2 is 2.00 bits per heavy atom. The molecule has 10 heteroatoms. The van der Waals surface area contributed by atoms with Gasteiger partial charge in [-0.1, -0.05) is 29.8 Å². The van der Waals surface area contributed by atoms with Crippen molar-refractivity contribution in [3.05, 3.63) is 79.6 Å². The molecule has 1 aliphatic rings. The number of halogens is 1. The minimum Gasteiger partial charge on any atom is -0.476 e. The summed E-state index contributed by atoms with van der Waals surface area (Å²) in [6, 6.07) is 6.33. The van der Waals surface area contributed by atoms with Crippen molar-refractivity contribution in [2.45, 2.75) is 19.0 Å². The predicted octanol–water partition coefficient (Wildman–Crippen LogP) is 1.26. The van der Waals surface area contributed by atoms with Gasteiger partial charge in [-0.05, 0) is 36.3 Å². The molecule has 158 valence electrons. The number of carbonyl (C=O) groups is 1. The molecule has 9 nitrogen and oxygen atoms in total. The first kappa shape index (κ1) is 21.5. The van der Waals surface area contributed by atoms with Crippen molar-refractivity contribution in [1.29, 1.82) is 0 Å². The van der Waals surface area contributed by atoms with Crippen LogP contribution in [0.25, 0.3) is 0 Å². The highest BCUT2D eigenvalue weighted by molar-refractivity contribution is 6.30. The minimum absolute atomic E-state index is 0.0391. The molecule has 0 saturated heterocycles. The van der Waals surface area contributed by atoms with Crippen LogP contribution in [0.3, 0.4) is 0 Å². The number of rotatable bonds is 7. The minimum atomic E-state index is -0.627. The molecule has 0 spiro atoms. The summed E-state index contributed by atoms with van der Waals surface area (Å²) in [5.74, 6) is -0.517. The van der Waals surface area contributed by atoms with Crippen molar-refractivity contribution in [2.75, 3.05) is 20.8 Å². The fourth-order valence-electron chi connectivity index (χ4n) is 3.01. The molecule has 1 aromatic carbocycles. The lowest BCUT2D eigenvalue weighted by molar-refractivity contribution is -0.123. The van der Waals surface area contributed by atoms with E-state index in [1.807, 2.05) is 6.08 Å². The van der Waals surface area contributed by atoms with E-state index in [-0.39, 0.29) is 24.9 Å². The number of methoxy groups -OCH3 is 2. The number of hydrogen-bond donors (Lipinski definition) is 1. The van der Waals surface area contributed by atoms with Crippen LogP contribution in [-0.4, -0.2) is 41.1 Å². The lowest BCUT2D eigenvalue weighted by Gasteiger charge is -2.20. The molecule has 1 N–H and O–H groups in total. The Morgan fingerprint density at radius 3 is 2.67 bits per heavy atom. The molecule has 0 bridgehead atoms. The van der Waals surface area contributed by atoms with E-state index in [4.69, 9.17) is 21.1 Å². The number of nitrogens with zero attached hydrogens (tertiary/aromatic N) is 3. The number of amides is 1. The standard InChI is InChI=1S/C20H21ClN4O5/c1-29-12-17(26)22-15-4-3-5-16(10-15)25-20(28)24(19(27)18(23-25)30-2)11-13-6-8-14(21)9-7-13/h3-4,6-10,16H,5,11-12H2,1-2H3,(H,22,26). The van der Waals surface area contributed by atoms with Crippen LogP contribution < -0.4 is 21.3 Å². The van der Waals surface area contributed by atoms with Gasteiger partial charge in [-0.3, -0.25) is 9.59 Å². The fraction of sp³-hybridized carbons (Fsp3) is 0.300. The van der Waals surface area contributed by atoms with Crippen LogP contribution in [-0.2, 0) is 16.1 Å². The summed E-state index contributed by atoms with van der Waals surface area (Å²) in [7, 11) is 2.74. The van der Waals surface area contributed by atoms with Crippen LogP contribution in [0.1, 0.15) is 18.0 Å². The van der Waals surface area contributed by atoms with E-state index in [0.29, 0.717) is 17.1 Å². The molecule has 0 fully saturated rings. The summed E-state index contributed by atoms with van der Waals surface area (Å²) >= 11 is 5.91. The molecule has 2 aromatic rings. The summed E-state index contributed by atoms with van der Waals surface area (Å²) in [6.45, 7) is -0.0503. The third-order valence-electron chi connectivity index (χ3n) is 4.42. The molecule has 1 amide bonds. The van der Waals surface area contributed by atoms with Crippen LogP contribution in [0.2, 0.25) is 5.02 Å². The van der Waals surface area contributed by atoms with Crippen molar-refractivity contribution in [3.8, 4) is 5.88 Å². The summed E-state index contributed by atoms with van der Waals surface area (Å²) in [5, 5.41) is 7.34. The molecule has 0 aliphatic heterocycles. The van der Waals surface area contributed by atoms with Crippen LogP contribution in [0, 0.1) is 0 Å². The van der Waals surface area contributed by atoms with Gasteiger partial charge >= 0.3 is 11.2 Å². The maximum Gasteiger partial charge on any atom is 0.348 e. The van der Waals surface area contributed by atoms with Crippen LogP contribution in [0.5, 0.6) is 5.88 Å². The van der Waals surface area contributed by atoms with E-state index in [0.717, 1.165) is 10.1 Å². The Bertz CT molecular complexity index is 1100. The Kier molecular flexibility index (Phi) is 6.86. The van der Waals surface area contributed by atoms with Gasteiger partial charge < -0.3 is 14.8 Å². The first-order chi connectivity index (χ1) is 14.4. The average Bonchev–Trinajstić information content (AvgIpc) is 2.73. The van der Waals surface area contributed by atoms with E-state index in [1.165, 1.54) is 18.9 Å². The lowest BCUT2D eigenvalue weighted by Crippen LogP contribution is -2.43. The van der Waals surface area contributed by atoms with E-state index in [1.54, 1.807) is 36.4 Å². The summed E-state index contributed by atoms with van der Waals surface area (Å²) < 4.78 is 12.1. The number of nitrogens with one attached hydrogen (secondary N) is 1. The smallest absolute Gasteiger partial charge is 0.348 e. The van der Waals surface area contributed by atoms with Gasteiger partial charge in [-0.15, -0.1) is 5.10 Å². The number of allylic oxidation sites excluding steroid dienone is 3. The molecule has 1 atom stereocenters. The second-order valence-electron chi connectivity index (χ2n) is 6.56. The molecular weight excluding hydrogens is 412 g/mol. The maximum absolute atomic E-state index is 13.1. The predicted molar refractivity (Wildman–Crippen MR) is 111 cm³/mol. The second-order valence-corrected chi connectivity index (χ2v) is 7.00. The van der Waals surface area contributed by atoms with Gasteiger partial charge in [0.1, 0.15) is 6.61 Å². The third-order valence-corrected chi connectivity index (χ3v) is 4.67. The number of benzene rings is 1. The molecule has 30 heavy (non-hydrogen) atoms. The van der Waals surface area contributed by atoms with Gasteiger partial charge in [-0.25, -0.2) is 14.0 Å². The highest BCUT2D eigenvalue weighted by Crippen LogP contribution is 2.19. The van der Waals surface area contributed by atoms with Crippen molar-refractivity contribution in [3.63, 3.8) is 0 Å². The van der Waals surface area contributed by atoms with E-state index in [9.17, 15) is 14.4 Å². The topological polar surface area (TPSA) is 104 Å². The van der Waals surface area contributed by atoms with E-state index < -0.39 is 17.3 Å². The number of hydrogen-bond acceptors (Lipinski definition) is 6. The Balaban J connectivity index is 1.98. The van der Waals surface area contributed by atoms with Crippen molar-refractivity contribution < 1.29 is 14.3 Å². The fourth-order valence-corrected chi connectivity index (χ4v) is 3.14. The van der Waals surface area contributed by atoms with Gasteiger partial charge in [0, 0.05) is 17.8 Å². The number of ether oxygens (including phenoxy) is 2. The van der Waals surface area contributed by atoms with Crippen LogP contribution in [0.15, 0.2) is 57.8 Å². The highest BCUT2D eigenvalue weighted by Gasteiger charge is 2.21. The van der Waals surface area contributed by atoms with Gasteiger partial charge in [0.15, 0.2) is 0 Å². The quantitative estimate of drug-likeness (QED) is 0.706. The van der Waals surface area contributed by atoms with Crippen LogP contribution in [0.4, 0.5) is 0 Å². The van der Waals surface area contributed by atoms with Crippen LogP contribution >= 0.6 is 11.6 Å². The summed E-state index contributed by atoms with van der Waals surface area (Å²) in [4.78, 5) is 37.5. The molecule has 1 heterocycles. The molecule has 3 rings (SSSR count). The van der Waals surface area contributed by atoms with Crippen molar-refractivity contribution in [2.24, 2.45) is 0 Å². The van der Waals surface area contributed by atoms with Crippen molar-refractivity contribution in [1.82, 2.24) is 19.7 Å². The number of carbonyl (C=O) groups excluding carboxylic acids is 1. The first-order valence-electron chi connectivity index (χ1n) is 9.12. The Hall–Kier alpha value is -3.17. The van der Waals surface area contributed by atoms with Gasteiger partial charge in [-0.2, -0.15) is 0 Å². The zero-order valence-corrected chi connectivity index (χ0v) is 17.3. The zero-order valence-electron chi connectivity index (χ0n) is 16.5. The number of aromatic nitrogens is 3. The van der Waals surface area contributed by atoms with Gasteiger partial charge in [0.05, 0.1) is 19.7 Å². The molecule has 1 unspecified atom stereocenters. The molecule has 1 aromatic heterocycles. The molecule has 0 radical (unpaired) electrons. The zero-order chi connectivity index (χ0) is 21.7.